The molecule has 5 amide bonds. The van der Waals surface area contributed by atoms with Gasteiger partial charge < -0.3 is 36.6 Å². The van der Waals surface area contributed by atoms with Crippen LogP contribution in [0.1, 0.15) is 70.4 Å². The summed E-state index contributed by atoms with van der Waals surface area (Å²) in [6, 6.07) is 32.6. The maximum atomic E-state index is 13.8. The summed E-state index contributed by atoms with van der Waals surface area (Å²) in [7, 11) is 0. The van der Waals surface area contributed by atoms with Gasteiger partial charge in [-0.3, -0.25) is 24.0 Å². The SMILES string of the molecule is N[C@H](C(=O)N1C[C@@H](O)C[C@H]1CN(CCc1ccccc1)C(=O)CNC(=O)c1ccc(-c2ccc(C(=O)NCC(=O)NCCc3ccccc3)cc2)cc1)C1CCCCC1. The summed E-state index contributed by atoms with van der Waals surface area (Å²) in [6.45, 7) is 0.900. The van der Waals surface area contributed by atoms with Gasteiger partial charge in [0.1, 0.15) is 0 Å². The van der Waals surface area contributed by atoms with E-state index >= 15 is 0 Å². The van der Waals surface area contributed by atoms with E-state index in [0.29, 0.717) is 43.5 Å². The fourth-order valence-electron chi connectivity index (χ4n) is 8.02. The van der Waals surface area contributed by atoms with Crippen molar-refractivity contribution in [3.05, 3.63) is 131 Å². The number of rotatable bonds is 17. The molecule has 3 atom stereocenters. The monoisotopic (exact) mass is 800 g/mol. The summed E-state index contributed by atoms with van der Waals surface area (Å²) in [4.78, 5) is 69.0. The molecule has 12 nitrogen and oxygen atoms in total. The first-order valence-corrected chi connectivity index (χ1v) is 20.8. The van der Waals surface area contributed by atoms with Crippen molar-refractivity contribution in [2.75, 3.05) is 39.3 Å². The second kappa shape index (κ2) is 21.2. The minimum Gasteiger partial charge on any atom is -0.391 e. The number of nitrogens with one attached hydrogen (secondary N) is 3. The van der Waals surface area contributed by atoms with Crippen molar-refractivity contribution in [3.63, 3.8) is 0 Å². The molecule has 0 spiro atoms. The van der Waals surface area contributed by atoms with Gasteiger partial charge in [-0.1, -0.05) is 104 Å². The van der Waals surface area contributed by atoms with Crippen LogP contribution >= 0.6 is 0 Å². The topological polar surface area (TPSA) is 174 Å². The summed E-state index contributed by atoms with van der Waals surface area (Å²) in [6.07, 6.45) is 6.06. The highest BCUT2D eigenvalue weighted by Crippen LogP contribution is 2.29. The van der Waals surface area contributed by atoms with Crippen LogP contribution in [0.4, 0.5) is 0 Å². The Morgan fingerprint density at radius 3 is 1.81 bits per heavy atom. The fourth-order valence-corrected chi connectivity index (χ4v) is 8.02. The van der Waals surface area contributed by atoms with Gasteiger partial charge in [0.05, 0.1) is 31.3 Å². The number of amides is 5. The summed E-state index contributed by atoms with van der Waals surface area (Å²) in [5, 5.41) is 18.9. The Kier molecular flexibility index (Phi) is 15.4. The number of aliphatic hydroxyl groups is 1. The van der Waals surface area contributed by atoms with Gasteiger partial charge in [0, 0.05) is 37.3 Å². The molecule has 59 heavy (non-hydrogen) atoms. The zero-order valence-electron chi connectivity index (χ0n) is 33.6. The van der Waals surface area contributed by atoms with Crippen molar-refractivity contribution in [2.45, 2.75) is 69.6 Å². The quantitative estimate of drug-likeness (QED) is 0.107. The number of carbonyl (C=O) groups excluding carboxylic acids is 5. The van der Waals surface area contributed by atoms with Crippen LogP contribution in [0, 0.1) is 5.92 Å². The summed E-state index contributed by atoms with van der Waals surface area (Å²) in [5.74, 6) is -1.37. The lowest BCUT2D eigenvalue weighted by Crippen LogP contribution is -2.53. The van der Waals surface area contributed by atoms with Gasteiger partial charge >= 0.3 is 0 Å². The van der Waals surface area contributed by atoms with Crippen molar-refractivity contribution >= 4 is 29.5 Å². The lowest BCUT2D eigenvalue weighted by molar-refractivity contribution is -0.138. The lowest BCUT2D eigenvalue weighted by Gasteiger charge is -2.34. The standard InChI is InChI=1S/C47H56N6O6/c48-44(37-14-8-3-9-15-37)47(59)53-32-41(54)28-40(53)31-52(27-25-34-12-6-2-7-13-34)43(56)30-51-46(58)39-22-18-36(19-23-39)35-16-20-38(21-17-35)45(57)50-29-42(55)49-26-24-33-10-4-1-5-11-33/h1-2,4-7,10-13,16-23,37,40-41,44,54H,3,8-9,14-15,24-32,48H2,(H,49,55)(H,50,57)(H,51,58)/t40-,41-,44-/m0/s1. The van der Waals surface area contributed by atoms with E-state index in [0.717, 1.165) is 54.4 Å². The van der Waals surface area contributed by atoms with Crippen LogP contribution in [0.25, 0.3) is 11.1 Å². The molecule has 1 aliphatic heterocycles. The smallest absolute Gasteiger partial charge is 0.251 e. The summed E-state index contributed by atoms with van der Waals surface area (Å²) >= 11 is 0. The largest absolute Gasteiger partial charge is 0.391 e. The molecule has 1 saturated heterocycles. The number of aliphatic hydroxyl groups excluding tert-OH is 1. The Hall–Kier alpha value is -5.85. The highest BCUT2D eigenvalue weighted by atomic mass is 16.3. The Balaban J connectivity index is 1.01. The van der Waals surface area contributed by atoms with Gasteiger partial charge in [0.25, 0.3) is 11.8 Å². The number of nitrogens with zero attached hydrogens (tertiary/aromatic N) is 2. The van der Waals surface area contributed by atoms with Crippen molar-refractivity contribution in [1.29, 1.82) is 0 Å². The molecule has 0 radical (unpaired) electrons. The van der Waals surface area contributed by atoms with E-state index in [4.69, 9.17) is 5.73 Å². The van der Waals surface area contributed by atoms with Crippen LogP contribution in [0.2, 0.25) is 0 Å². The molecule has 0 aromatic heterocycles. The fraction of sp³-hybridized carbons (Fsp3) is 0.383. The predicted molar refractivity (Wildman–Crippen MR) is 227 cm³/mol. The van der Waals surface area contributed by atoms with Crippen LogP contribution in [-0.2, 0) is 27.2 Å². The predicted octanol–water partition coefficient (Wildman–Crippen LogP) is 4.11. The Bertz CT molecular complexity index is 2000. The zero-order chi connectivity index (χ0) is 41.6. The molecule has 6 N–H and O–H groups in total. The average molecular weight is 801 g/mol. The number of β-amino-alcohol motifs (C(OH)–C–C–N with tert-alkyl or cyclic N) is 1. The van der Waals surface area contributed by atoms with Crippen molar-refractivity contribution in [2.24, 2.45) is 11.7 Å². The third-order valence-electron chi connectivity index (χ3n) is 11.4. The third kappa shape index (κ3) is 12.3. The number of benzene rings is 4. The summed E-state index contributed by atoms with van der Waals surface area (Å²) in [5.41, 5.74) is 11.1. The van der Waals surface area contributed by atoms with Crippen LogP contribution in [0.15, 0.2) is 109 Å². The molecule has 0 bridgehead atoms. The van der Waals surface area contributed by atoms with E-state index in [1.165, 1.54) is 0 Å². The van der Waals surface area contributed by atoms with Gasteiger partial charge in [0.15, 0.2) is 0 Å². The number of hydrogen-bond acceptors (Lipinski definition) is 7. The molecule has 310 valence electrons. The van der Waals surface area contributed by atoms with E-state index in [1.54, 1.807) is 58.3 Å². The number of hydrogen-bond donors (Lipinski definition) is 5. The number of carbonyl (C=O) groups is 5. The van der Waals surface area contributed by atoms with Crippen molar-refractivity contribution in [3.8, 4) is 11.1 Å². The molecule has 2 aliphatic rings. The van der Waals surface area contributed by atoms with Crippen LogP contribution in [0.3, 0.4) is 0 Å². The third-order valence-corrected chi connectivity index (χ3v) is 11.4. The second-order valence-corrected chi connectivity index (χ2v) is 15.6. The molecule has 1 saturated carbocycles. The number of nitrogens with two attached hydrogens (primary N) is 1. The molecule has 2 fully saturated rings. The summed E-state index contributed by atoms with van der Waals surface area (Å²) < 4.78 is 0. The van der Waals surface area contributed by atoms with E-state index < -0.39 is 18.1 Å². The Morgan fingerprint density at radius 1 is 0.695 bits per heavy atom. The molecule has 4 aromatic carbocycles. The number of likely N-dealkylation sites (tertiary alicyclic amines) is 1. The highest BCUT2D eigenvalue weighted by molar-refractivity contribution is 5.98. The van der Waals surface area contributed by atoms with Gasteiger partial charge in [-0.15, -0.1) is 0 Å². The maximum Gasteiger partial charge on any atom is 0.251 e. The average Bonchev–Trinajstić information content (AvgIpc) is 3.65. The highest BCUT2D eigenvalue weighted by Gasteiger charge is 2.40. The van der Waals surface area contributed by atoms with E-state index in [-0.39, 0.29) is 61.8 Å². The first-order chi connectivity index (χ1) is 28.6. The molecule has 12 heteroatoms. The molecule has 1 heterocycles. The van der Waals surface area contributed by atoms with Gasteiger partial charge in [-0.25, -0.2) is 0 Å². The minimum absolute atomic E-state index is 0.122. The molecule has 6 rings (SSSR count). The molecule has 1 aliphatic carbocycles. The van der Waals surface area contributed by atoms with Crippen LogP contribution < -0.4 is 21.7 Å². The van der Waals surface area contributed by atoms with Gasteiger partial charge in [-0.05, 0) is 84.5 Å². The lowest BCUT2D eigenvalue weighted by atomic mass is 9.83. The Labute approximate surface area is 346 Å². The van der Waals surface area contributed by atoms with Gasteiger partial charge in [0.2, 0.25) is 17.7 Å². The molecular formula is C47H56N6O6. The Morgan fingerprint density at radius 2 is 1.24 bits per heavy atom. The van der Waals surface area contributed by atoms with Gasteiger partial charge in [-0.2, -0.15) is 0 Å². The van der Waals surface area contributed by atoms with Crippen LogP contribution in [-0.4, -0.2) is 102 Å². The zero-order valence-corrected chi connectivity index (χ0v) is 33.6. The first-order valence-electron chi connectivity index (χ1n) is 20.8. The molecular weight excluding hydrogens is 745 g/mol. The maximum absolute atomic E-state index is 13.8. The second-order valence-electron chi connectivity index (χ2n) is 15.6. The van der Waals surface area contributed by atoms with E-state index in [2.05, 4.69) is 16.0 Å². The first kappa shape index (κ1) is 42.7. The van der Waals surface area contributed by atoms with Crippen molar-refractivity contribution < 1.29 is 29.1 Å². The van der Waals surface area contributed by atoms with E-state index in [9.17, 15) is 29.1 Å². The molecule has 0 unspecified atom stereocenters. The van der Waals surface area contributed by atoms with Crippen LogP contribution in [0.5, 0.6) is 0 Å². The normalized spacial score (nSPS) is 17.2. The minimum atomic E-state index is -0.700. The van der Waals surface area contributed by atoms with E-state index in [1.807, 2.05) is 60.7 Å². The molecule has 4 aromatic rings. The van der Waals surface area contributed by atoms with Crippen molar-refractivity contribution in [1.82, 2.24) is 25.8 Å².